The van der Waals surface area contributed by atoms with Crippen molar-refractivity contribution < 1.29 is 27.8 Å². The summed E-state index contributed by atoms with van der Waals surface area (Å²) >= 11 is 0. The second-order valence-corrected chi connectivity index (χ2v) is 11.1. The number of fused-ring (bicyclic) bond motifs is 1. The first-order chi connectivity index (χ1) is 16.7. The van der Waals surface area contributed by atoms with Crippen molar-refractivity contribution in [3.8, 4) is 11.5 Å². The SMILES string of the molecule is CCCCC1(CCCC)CN(c2ccccc2)c2cc(OC)c(O/C=C/C(=O)O)cc2S(=O)(=O)C1. The van der Waals surface area contributed by atoms with E-state index in [1.165, 1.54) is 13.2 Å². The zero-order valence-corrected chi connectivity index (χ0v) is 21.5. The average Bonchev–Trinajstić information content (AvgIpc) is 2.93. The predicted molar refractivity (Wildman–Crippen MR) is 137 cm³/mol. The Labute approximate surface area is 208 Å². The Balaban J connectivity index is 2.22. The van der Waals surface area contributed by atoms with Crippen molar-refractivity contribution in [1.29, 1.82) is 0 Å². The summed E-state index contributed by atoms with van der Waals surface area (Å²) in [5.74, 6) is -0.648. The van der Waals surface area contributed by atoms with Gasteiger partial charge in [-0.05, 0) is 25.0 Å². The monoisotopic (exact) mass is 501 g/mol. The molecule has 0 fully saturated rings. The van der Waals surface area contributed by atoms with E-state index in [4.69, 9.17) is 14.6 Å². The summed E-state index contributed by atoms with van der Waals surface area (Å²) in [7, 11) is -2.22. The van der Waals surface area contributed by atoms with Crippen LogP contribution in [0.15, 0.2) is 59.7 Å². The fraction of sp³-hybridized carbons (Fsp3) is 0.444. The number of carboxylic acids is 1. The van der Waals surface area contributed by atoms with Crippen molar-refractivity contribution in [3.63, 3.8) is 0 Å². The first-order valence-corrected chi connectivity index (χ1v) is 13.7. The van der Waals surface area contributed by atoms with Crippen molar-refractivity contribution in [1.82, 2.24) is 0 Å². The number of anilines is 2. The molecule has 0 saturated heterocycles. The molecule has 0 atom stereocenters. The van der Waals surface area contributed by atoms with Gasteiger partial charge in [0.2, 0.25) is 0 Å². The maximum atomic E-state index is 13.9. The Hall–Kier alpha value is -3.00. The second-order valence-electron chi connectivity index (χ2n) is 9.12. The number of nitrogens with zero attached hydrogens (tertiary/aromatic N) is 1. The van der Waals surface area contributed by atoms with Crippen LogP contribution in [0.4, 0.5) is 11.4 Å². The van der Waals surface area contributed by atoms with Gasteiger partial charge in [-0.25, -0.2) is 13.2 Å². The van der Waals surface area contributed by atoms with Crippen LogP contribution in [0.1, 0.15) is 52.4 Å². The van der Waals surface area contributed by atoms with E-state index in [0.717, 1.165) is 56.6 Å². The van der Waals surface area contributed by atoms with Crippen LogP contribution >= 0.6 is 0 Å². The van der Waals surface area contributed by atoms with Gasteiger partial charge >= 0.3 is 5.97 Å². The summed E-state index contributed by atoms with van der Waals surface area (Å²) in [6.45, 7) is 4.83. The van der Waals surface area contributed by atoms with Crippen molar-refractivity contribution in [2.75, 3.05) is 24.3 Å². The molecule has 1 aliphatic heterocycles. The lowest BCUT2D eigenvalue weighted by Gasteiger charge is -2.37. The number of benzene rings is 2. The molecule has 0 aromatic heterocycles. The third-order valence-electron chi connectivity index (χ3n) is 6.46. The Kier molecular flexibility index (Phi) is 8.83. The molecule has 8 heteroatoms. The minimum atomic E-state index is -3.69. The van der Waals surface area contributed by atoms with Gasteiger partial charge in [-0.3, -0.25) is 0 Å². The molecule has 0 aliphatic carbocycles. The highest BCUT2D eigenvalue weighted by molar-refractivity contribution is 7.91. The number of rotatable bonds is 11. The summed E-state index contributed by atoms with van der Waals surface area (Å²) in [5, 5.41) is 8.89. The highest BCUT2D eigenvalue weighted by atomic mass is 32.2. The van der Waals surface area contributed by atoms with E-state index in [1.54, 1.807) is 6.07 Å². The van der Waals surface area contributed by atoms with Crippen molar-refractivity contribution in [2.45, 2.75) is 57.3 Å². The van der Waals surface area contributed by atoms with Crippen LogP contribution in [-0.4, -0.2) is 38.9 Å². The maximum Gasteiger partial charge on any atom is 0.331 e. The molecule has 2 aromatic rings. The molecular weight excluding hydrogens is 466 g/mol. The number of methoxy groups -OCH3 is 1. The van der Waals surface area contributed by atoms with Crippen molar-refractivity contribution >= 4 is 27.2 Å². The van der Waals surface area contributed by atoms with Crippen LogP contribution in [0, 0.1) is 5.41 Å². The predicted octanol–water partition coefficient (Wildman–Crippen LogP) is 5.96. The maximum absolute atomic E-state index is 13.9. The van der Waals surface area contributed by atoms with E-state index >= 15 is 0 Å². The van der Waals surface area contributed by atoms with Crippen LogP contribution in [0.25, 0.3) is 0 Å². The smallest absolute Gasteiger partial charge is 0.331 e. The molecule has 1 N–H and O–H groups in total. The molecule has 35 heavy (non-hydrogen) atoms. The number of aliphatic carboxylic acids is 1. The van der Waals surface area contributed by atoms with Crippen LogP contribution in [0.2, 0.25) is 0 Å². The standard InChI is InChI=1S/C27H35NO6S/c1-4-6-14-27(15-7-5-2)19-28(21-11-9-8-10-12-21)22-17-23(33-3)24(34-16-13-26(29)30)18-25(22)35(31,32)20-27/h8-13,16-18H,4-7,14-15,19-20H2,1-3H3,(H,29,30)/b16-13+. The fourth-order valence-corrected chi connectivity index (χ4v) is 6.84. The molecule has 3 rings (SSSR count). The average molecular weight is 502 g/mol. The Bertz CT molecular complexity index is 1140. The zero-order chi connectivity index (χ0) is 25.5. The number of carboxylic acid groups (broad SMARTS) is 1. The third kappa shape index (κ3) is 6.36. The topological polar surface area (TPSA) is 93.1 Å². The minimum Gasteiger partial charge on any atom is -0.493 e. The van der Waals surface area contributed by atoms with Gasteiger partial charge in [0.15, 0.2) is 21.3 Å². The Morgan fingerprint density at radius 1 is 1.09 bits per heavy atom. The quantitative estimate of drug-likeness (QED) is 0.300. The van der Waals surface area contributed by atoms with E-state index in [2.05, 4.69) is 18.7 Å². The Morgan fingerprint density at radius 2 is 1.74 bits per heavy atom. The van der Waals surface area contributed by atoms with Gasteiger partial charge in [0, 0.05) is 29.8 Å². The first kappa shape index (κ1) is 26.6. The zero-order valence-electron chi connectivity index (χ0n) is 20.7. The molecule has 1 heterocycles. The van der Waals surface area contributed by atoms with Crippen molar-refractivity contribution in [2.24, 2.45) is 5.41 Å². The molecule has 2 aromatic carbocycles. The lowest BCUT2D eigenvalue weighted by molar-refractivity contribution is -0.131. The van der Waals surface area contributed by atoms with Gasteiger partial charge in [0.05, 0.1) is 35.8 Å². The van der Waals surface area contributed by atoms with Gasteiger partial charge in [-0.1, -0.05) is 57.7 Å². The molecule has 0 saturated carbocycles. The van der Waals surface area contributed by atoms with Gasteiger partial charge in [0.25, 0.3) is 0 Å². The number of unbranched alkanes of at least 4 members (excludes halogenated alkanes) is 2. The van der Waals surface area contributed by atoms with Crippen molar-refractivity contribution in [3.05, 3.63) is 54.8 Å². The molecule has 0 radical (unpaired) electrons. The normalized spacial score (nSPS) is 16.5. The molecule has 7 nitrogen and oxygen atoms in total. The van der Waals surface area contributed by atoms with Gasteiger partial charge < -0.3 is 19.5 Å². The van der Waals surface area contributed by atoms with E-state index < -0.39 is 21.2 Å². The Morgan fingerprint density at radius 3 is 2.31 bits per heavy atom. The molecule has 190 valence electrons. The summed E-state index contributed by atoms with van der Waals surface area (Å²) in [6, 6.07) is 12.9. The summed E-state index contributed by atoms with van der Waals surface area (Å²) in [5.41, 5.74) is 1.04. The van der Waals surface area contributed by atoms with Gasteiger partial charge in [-0.2, -0.15) is 0 Å². The second kappa shape index (κ2) is 11.6. The van der Waals surface area contributed by atoms with Gasteiger partial charge in [0.1, 0.15) is 0 Å². The first-order valence-electron chi connectivity index (χ1n) is 12.1. The van der Waals surface area contributed by atoms with E-state index in [-0.39, 0.29) is 16.4 Å². The number of hydrogen-bond donors (Lipinski definition) is 1. The van der Waals surface area contributed by atoms with Crippen LogP contribution < -0.4 is 14.4 Å². The van der Waals surface area contributed by atoms with Crippen LogP contribution in [0.3, 0.4) is 0 Å². The summed E-state index contributed by atoms with van der Waals surface area (Å²) in [4.78, 5) is 13.1. The van der Waals surface area contributed by atoms with Crippen LogP contribution in [-0.2, 0) is 14.6 Å². The number of carbonyl (C=O) groups is 1. The highest BCUT2D eigenvalue weighted by Crippen LogP contribution is 2.48. The fourth-order valence-electron chi connectivity index (χ4n) is 4.72. The van der Waals surface area contributed by atoms with E-state index in [9.17, 15) is 13.2 Å². The molecule has 1 aliphatic rings. The minimum absolute atomic E-state index is 0.0487. The number of ether oxygens (including phenoxy) is 2. The number of para-hydroxylation sites is 1. The lowest BCUT2D eigenvalue weighted by Crippen LogP contribution is -2.38. The highest BCUT2D eigenvalue weighted by Gasteiger charge is 2.42. The largest absolute Gasteiger partial charge is 0.493 e. The molecular formula is C27H35NO6S. The molecule has 0 unspecified atom stereocenters. The van der Waals surface area contributed by atoms with E-state index in [0.29, 0.717) is 18.0 Å². The number of hydrogen-bond acceptors (Lipinski definition) is 6. The van der Waals surface area contributed by atoms with Crippen LogP contribution in [0.5, 0.6) is 11.5 Å². The number of sulfone groups is 1. The summed E-state index contributed by atoms with van der Waals surface area (Å²) in [6.07, 6.45) is 7.39. The van der Waals surface area contributed by atoms with Gasteiger partial charge in [-0.15, -0.1) is 0 Å². The molecule has 0 amide bonds. The summed E-state index contributed by atoms with van der Waals surface area (Å²) < 4.78 is 38.8. The lowest BCUT2D eigenvalue weighted by atomic mass is 9.79. The molecule has 0 spiro atoms. The van der Waals surface area contributed by atoms with E-state index in [1.807, 2.05) is 30.3 Å². The third-order valence-corrected chi connectivity index (χ3v) is 8.45. The molecule has 0 bridgehead atoms.